The summed E-state index contributed by atoms with van der Waals surface area (Å²) in [5.41, 5.74) is 2.12. The molecule has 0 radical (unpaired) electrons. The van der Waals surface area contributed by atoms with E-state index in [9.17, 15) is 4.57 Å². The lowest BCUT2D eigenvalue weighted by atomic mass is 10.0. The van der Waals surface area contributed by atoms with Crippen LogP contribution < -0.4 is 15.7 Å². The second-order valence-corrected chi connectivity index (χ2v) is 10.6. The standard InChI is InChI=1S/C27H24NO2P/c29-31(24-17-9-3-10-18-24,25-19-11-4-12-20-25)27-21-26(22-13-5-1-6-14-22)28(30-27)23-15-7-2-8-16-23/h1-20,26-27H,21H2/t26-,27-/m0/s1. The molecular weight excluding hydrogens is 401 g/mol. The van der Waals surface area contributed by atoms with Crippen LogP contribution >= 0.6 is 7.14 Å². The van der Waals surface area contributed by atoms with E-state index in [1.54, 1.807) is 0 Å². The van der Waals surface area contributed by atoms with Crippen molar-refractivity contribution in [2.45, 2.75) is 18.3 Å². The summed E-state index contributed by atoms with van der Waals surface area (Å²) in [7, 11) is -3.05. The maximum atomic E-state index is 14.8. The highest BCUT2D eigenvalue weighted by Gasteiger charge is 2.46. The largest absolute Gasteiger partial charge is 0.311 e. The van der Waals surface area contributed by atoms with Gasteiger partial charge in [-0.1, -0.05) is 109 Å². The Bertz CT molecular complexity index is 1080. The molecule has 0 bridgehead atoms. The van der Waals surface area contributed by atoms with Gasteiger partial charge in [0, 0.05) is 17.0 Å². The molecule has 154 valence electrons. The van der Waals surface area contributed by atoms with Crippen molar-refractivity contribution in [2.24, 2.45) is 0 Å². The van der Waals surface area contributed by atoms with Crippen molar-refractivity contribution >= 4 is 23.4 Å². The van der Waals surface area contributed by atoms with E-state index < -0.39 is 13.0 Å². The Hall–Kier alpha value is -3.13. The number of hydrogen-bond donors (Lipinski definition) is 0. The van der Waals surface area contributed by atoms with Crippen LogP contribution in [0.1, 0.15) is 18.0 Å². The number of anilines is 1. The van der Waals surface area contributed by atoms with Gasteiger partial charge >= 0.3 is 0 Å². The van der Waals surface area contributed by atoms with Crippen LogP contribution in [0.2, 0.25) is 0 Å². The van der Waals surface area contributed by atoms with Gasteiger partial charge in [0.15, 0.2) is 7.14 Å². The number of benzene rings is 4. The Kier molecular flexibility index (Phi) is 5.46. The van der Waals surface area contributed by atoms with Crippen LogP contribution in [0.25, 0.3) is 0 Å². The molecule has 31 heavy (non-hydrogen) atoms. The van der Waals surface area contributed by atoms with Gasteiger partial charge in [-0.25, -0.2) is 5.06 Å². The fraction of sp³-hybridized carbons (Fsp3) is 0.111. The molecule has 0 aromatic heterocycles. The normalized spacial score (nSPS) is 18.8. The van der Waals surface area contributed by atoms with Crippen molar-refractivity contribution in [1.29, 1.82) is 0 Å². The van der Waals surface area contributed by atoms with Gasteiger partial charge in [0.25, 0.3) is 0 Å². The Labute approximate surface area is 183 Å². The topological polar surface area (TPSA) is 29.5 Å². The molecule has 0 N–H and O–H groups in total. The van der Waals surface area contributed by atoms with Crippen molar-refractivity contribution < 1.29 is 9.40 Å². The molecular formula is C27H24NO2P. The lowest BCUT2D eigenvalue weighted by Gasteiger charge is -2.27. The first-order valence-electron chi connectivity index (χ1n) is 10.5. The van der Waals surface area contributed by atoms with Crippen LogP contribution in [-0.4, -0.2) is 5.85 Å². The third-order valence-electron chi connectivity index (χ3n) is 5.82. The number of hydrogen-bond acceptors (Lipinski definition) is 3. The summed E-state index contributed by atoms with van der Waals surface area (Å²) in [6.07, 6.45) is 0.639. The maximum absolute atomic E-state index is 14.8. The molecule has 1 aliphatic rings. The second-order valence-electron chi connectivity index (χ2n) is 7.71. The lowest BCUT2D eigenvalue weighted by molar-refractivity contribution is 0.131. The molecule has 4 heteroatoms. The quantitative estimate of drug-likeness (QED) is 0.372. The minimum atomic E-state index is -3.05. The first-order valence-corrected chi connectivity index (χ1v) is 12.3. The summed E-state index contributed by atoms with van der Waals surface area (Å²) < 4.78 is 14.8. The minimum absolute atomic E-state index is 0.0191. The molecule has 4 aromatic carbocycles. The van der Waals surface area contributed by atoms with E-state index in [0.717, 1.165) is 21.9 Å². The van der Waals surface area contributed by atoms with Crippen LogP contribution in [0, 0.1) is 0 Å². The molecule has 5 rings (SSSR count). The van der Waals surface area contributed by atoms with Gasteiger partial charge in [-0.3, -0.25) is 4.84 Å². The average Bonchev–Trinajstić information content (AvgIpc) is 3.32. The minimum Gasteiger partial charge on any atom is -0.311 e. The summed E-state index contributed by atoms with van der Waals surface area (Å²) in [6, 6.07) is 39.9. The zero-order valence-electron chi connectivity index (χ0n) is 17.1. The zero-order chi connectivity index (χ0) is 21.1. The zero-order valence-corrected chi connectivity index (χ0v) is 18.0. The molecule has 4 aromatic rings. The highest BCUT2D eigenvalue weighted by atomic mass is 31.2. The highest BCUT2D eigenvalue weighted by Crippen LogP contribution is 2.56. The van der Waals surface area contributed by atoms with E-state index in [2.05, 4.69) is 12.1 Å². The summed E-state index contributed by atoms with van der Waals surface area (Å²) in [5, 5.41) is 3.60. The monoisotopic (exact) mass is 425 g/mol. The Morgan fingerprint density at radius 3 is 1.61 bits per heavy atom. The number of nitrogens with zero attached hydrogens (tertiary/aromatic N) is 1. The van der Waals surface area contributed by atoms with Gasteiger partial charge in [-0.15, -0.1) is 0 Å². The fourth-order valence-corrected chi connectivity index (χ4v) is 7.22. The molecule has 1 saturated heterocycles. The van der Waals surface area contributed by atoms with Crippen LogP contribution in [0.15, 0.2) is 121 Å². The van der Waals surface area contributed by atoms with E-state index in [4.69, 9.17) is 4.84 Å². The molecule has 1 heterocycles. The SMILES string of the molecule is O=P(c1ccccc1)(c1ccccc1)[C@H]1C[C@@H](c2ccccc2)N(c2ccccc2)O1. The van der Waals surface area contributed by atoms with E-state index >= 15 is 0 Å². The fourth-order valence-electron chi connectivity index (χ4n) is 4.29. The molecule has 1 aliphatic heterocycles. The van der Waals surface area contributed by atoms with Gasteiger partial charge in [-0.2, -0.15) is 0 Å². The maximum Gasteiger partial charge on any atom is 0.173 e. The highest BCUT2D eigenvalue weighted by molar-refractivity contribution is 7.79. The van der Waals surface area contributed by atoms with Gasteiger partial charge in [0.2, 0.25) is 0 Å². The Morgan fingerprint density at radius 2 is 1.10 bits per heavy atom. The van der Waals surface area contributed by atoms with Gasteiger partial charge in [0.05, 0.1) is 11.7 Å². The van der Waals surface area contributed by atoms with E-state index in [1.165, 1.54) is 0 Å². The summed E-state index contributed by atoms with van der Waals surface area (Å²) >= 11 is 0. The van der Waals surface area contributed by atoms with Crippen LogP contribution in [-0.2, 0) is 9.40 Å². The van der Waals surface area contributed by atoms with Crippen molar-refractivity contribution in [3.63, 3.8) is 0 Å². The second kappa shape index (κ2) is 8.55. The van der Waals surface area contributed by atoms with E-state index in [1.807, 2.05) is 114 Å². The predicted molar refractivity (Wildman–Crippen MR) is 127 cm³/mol. The molecule has 0 spiro atoms. The van der Waals surface area contributed by atoms with Crippen molar-refractivity contribution in [1.82, 2.24) is 0 Å². The van der Waals surface area contributed by atoms with Crippen molar-refractivity contribution in [2.75, 3.05) is 5.06 Å². The van der Waals surface area contributed by atoms with Crippen LogP contribution in [0.4, 0.5) is 5.69 Å². The van der Waals surface area contributed by atoms with Crippen molar-refractivity contribution in [3.05, 3.63) is 127 Å². The molecule has 0 unspecified atom stereocenters. The first-order chi connectivity index (χ1) is 15.3. The molecule has 2 atom stereocenters. The number of hydroxylamine groups is 1. The molecule has 0 amide bonds. The summed E-state index contributed by atoms with van der Waals surface area (Å²) in [4.78, 5) is 6.56. The molecule has 1 fully saturated rings. The van der Waals surface area contributed by atoms with Crippen LogP contribution in [0.5, 0.6) is 0 Å². The molecule has 3 nitrogen and oxygen atoms in total. The third kappa shape index (κ3) is 3.72. The van der Waals surface area contributed by atoms with Crippen LogP contribution in [0.3, 0.4) is 0 Å². The van der Waals surface area contributed by atoms with Gasteiger partial charge < -0.3 is 4.57 Å². The predicted octanol–water partition coefficient (Wildman–Crippen LogP) is 5.91. The third-order valence-corrected chi connectivity index (χ3v) is 9.07. The van der Waals surface area contributed by atoms with Gasteiger partial charge in [0.1, 0.15) is 5.85 Å². The van der Waals surface area contributed by atoms with E-state index in [0.29, 0.717) is 6.42 Å². The van der Waals surface area contributed by atoms with E-state index in [-0.39, 0.29) is 6.04 Å². The average molecular weight is 425 g/mol. The number of rotatable bonds is 5. The molecule has 0 aliphatic carbocycles. The van der Waals surface area contributed by atoms with Gasteiger partial charge in [-0.05, 0) is 17.7 Å². The smallest absolute Gasteiger partial charge is 0.173 e. The van der Waals surface area contributed by atoms with Crippen molar-refractivity contribution in [3.8, 4) is 0 Å². The number of para-hydroxylation sites is 1. The summed E-state index contributed by atoms with van der Waals surface area (Å²) in [6.45, 7) is 0. The lowest BCUT2D eigenvalue weighted by Crippen LogP contribution is -2.27. The molecule has 0 saturated carbocycles. The Morgan fingerprint density at radius 1 is 0.645 bits per heavy atom. The Balaban J connectivity index is 1.62. The summed E-state index contributed by atoms with van der Waals surface area (Å²) in [5.74, 6) is -0.456. The first kappa shape index (κ1) is 19.8.